The second-order valence-corrected chi connectivity index (χ2v) is 6.49. The normalized spacial score (nSPS) is 11.8. The van der Waals surface area contributed by atoms with Crippen molar-refractivity contribution >= 4 is 23.6 Å². The fourth-order valence-electron chi connectivity index (χ4n) is 1.92. The van der Waals surface area contributed by atoms with E-state index in [-0.39, 0.29) is 18.6 Å². The molecule has 2 aromatic rings. The van der Waals surface area contributed by atoms with E-state index in [9.17, 15) is 9.59 Å². The van der Waals surface area contributed by atoms with Crippen LogP contribution in [0.4, 0.5) is 0 Å². The largest absolute Gasteiger partial charge is 0.452 e. The van der Waals surface area contributed by atoms with E-state index in [0.717, 1.165) is 17.9 Å². The number of carbonyl (C=O) groups excluding carboxylic acids is 2. The van der Waals surface area contributed by atoms with E-state index in [4.69, 9.17) is 9.26 Å². The molecule has 2 rings (SSSR count). The molecule has 0 unspecified atom stereocenters. The number of ether oxygens (including phenoxy) is 1. The zero-order chi connectivity index (χ0) is 18.2. The molecule has 0 saturated carbocycles. The minimum absolute atomic E-state index is 0.0432. The van der Waals surface area contributed by atoms with Crippen molar-refractivity contribution in [3.63, 3.8) is 0 Å². The number of pyridine rings is 1. The first-order valence-corrected chi connectivity index (χ1v) is 8.94. The number of rotatable bonds is 8. The van der Waals surface area contributed by atoms with Gasteiger partial charge in [-0.15, -0.1) is 0 Å². The van der Waals surface area contributed by atoms with E-state index in [1.165, 1.54) is 11.8 Å². The van der Waals surface area contributed by atoms with Gasteiger partial charge in [0.25, 0.3) is 5.91 Å². The summed E-state index contributed by atoms with van der Waals surface area (Å²) in [6, 6.07) is 5.15. The maximum absolute atomic E-state index is 12.3. The third-order valence-electron chi connectivity index (χ3n) is 3.38. The number of esters is 1. The number of thioether (sulfide) groups is 1. The molecule has 8 heteroatoms. The maximum atomic E-state index is 12.3. The molecule has 1 amide bonds. The SMILES string of the molecule is CC[C@H](C)NC(=O)COC(=O)c1cccnc1SCc1cc(C)on1. The van der Waals surface area contributed by atoms with Crippen molar-refractivity contribution in [2.75, 3.05) is 6.61 Å². The molecule has 0 aromatic carbocycles. The molecular formula is C17H21N3O4S. The molecule has 2 heterocycles. The Balaban J connectivity index is 1.94. The lowest BCUT2D eigenvalue weighted by molar-refractivity contribution is -0.124. The van der Waals surface area contributed by atoms with Gasteiger partial charge in [0.2, 0.25) is 0 Å². The van der Waals surface area contributed by atoms with E-state index in [0.29, 0.717) is 16.3 Å². The second-order valence-electron chi connectivity index (χ2n) is 5.53. The monoisotopic (exact) mass is 363 g/mol. The van der Waals surface area contributed by atoms with Crippen LogP contribution in [0.1, 0.15) is 42.1 Å². The lowest BCUT2D eigenvalue weighted by Crippen LogP contribution is -2.35. The van der Waals surface area contributed by atoms with E-state index in [1.54, 1.807) is 18.3 Å². The number of nitrogens with zero attached hydrogens (tertiary/aromatic N) is 2. The molecule has 0 radical (unpaired) electrons. The van der Waals surface area contributed by atoms with Gasteiger partial charge in [-0.2, -0.15) is 0 Å². The van der Waals surface area contributed by atoms with Crippen molar-refractivity contribution in [1.29, 1.82) is 0 Å². The summed E-state index contributed by atoms with van der Waals surface area (Å²) >= 11 is 1.36. The fourth-order valence-corrected chi connectivity index (χ4v) is 2.78. The van der Waals surface area contributed by atoms with Crippen molar-refractivity contribution in [1.82, 2.24) is 15.5 Å². The number of carbonyl (C=O) groups is 2. The molecular weight excluding hydrogens is 342 g/mol. The predicted molar refractivity (Wildman–Crippen MR) is 93.2 cm³/mol. The Labute approximate surface area is 150 Å². The highest BCUT2D eigenvalue weighted by Gasteiger charge is 2.17. The van der Waals surface area contributed by atoms with Gasteiger partial charge in [-0.1, -0.05) is 23.8 Å². The van der Waals surface area contributed by atoms with Crippen LogP contribution in [-0.4, -0.2) is 34.7 Å². The summed E-state index contributed by atoms with van der Waals surface area (Å²) in [5.41, 5.74) is 1.09. The summed E-state index contributed by atoms with van der Waals surface area (Å²) in [6.45, 7) is 5.35. The Kier molecular flexibility index (Phi) is 7.00. The lowest BCUT2D eigenvalue weighted by Gasteiger charge is -2.12. The molecule has 1 N–H and O–H groups in total. The summed E-state index contributed by atoms with van der Waals surface area (Å²) < 4.78 is 10.1. The van der Waals surface area contributed by atoms with Crippen molar-refractivity contribution in [2.24, 2.45) is 0 Å². The lowest BCUT2D eigenvalue weighted by atomic mass is 10.2. The second kappa shape index (κ2) is 9.22. The van der Waals surface area contributed by atoms with Crippen LogP contribution in [0.5, 0.6) is 0 Å². The first-order valence-electron chi connectivity index (χ1n) is 7.96. The number of aryl methyl sites for hydroxylation is 1. The summed E-state index contributed by atoms with van der Waals surface area (Å²) in [6.07, 6.45) is 2.41. The molecule has 0 aliphatic carbocycles. The Morgan fingerprint density at radius 3 is 2.92 bits per heavy atom. The van der Waals surface area contributed by atoms with Crippen LogP contribution in [0.25, 0.3) is 0 Å². The highest BCUT2D eigenvalue weighted by molar-refractivity contribution is 7.98. The number of hydrogen-bond acceptors (Lipinski definition) is 7. The summed E-state index contributed by atoms with van der Waals surface area (Å²) in [5, 5.41) is 7.18. The smallest absolute Gasteiger partial charge is 0.341 e. The van der Waals surface area contributed by atoms with Gasteiger partial charge in [0.05, 0.1) is 11.3 Å². The molecule has 134 valence electrons. The van der Waals surface area contributed by atoms with Crippen molar-refractivity contribution in [3.8, 4) is 0 Å². The molecule has 1 atom stereocenters. The Bertz CT molecular complexity index is 732. The average Bonchev–Trinajstić information content (AvgIpc) is 3.03. The van der Waals surface area contributed by atoms with E-state index in [2.05, 4.69) is 15.5 Å². The minimum atomic E-state index is -0.578. The van der Waals surface area contributed by atoms with Crippen LogP contribution in [0.15, 0.2) is 33.9 Å². The average molecular weight is 363 g/mol. The van der Waals surface area contributed by atoms with Gasteiger partial charge in [-0.05, 0) is 32.4 Å². The molecule has 0 aliphatic rings. The van der Waals surface area contributed by atoms with Gasteiger partial charge >= 0.3 is 5.97 Å². The summed E-state index contributed by atoms with van der Waals surface area (Å²) in [5.74, 6) is 0.344. The molecule has 7 nitrogen and oxygen atoms in total. The number of nitrogens with one attached hydrogen (secondary N) is 1. The van der Waals surface area contributed by atoms with E-state index >= 15 is 0 Å². The Morgan fingerprint density at radius 1 is 1.44 bits per heavy atom. The highest BCUT2D eigenvalue weighted by atomic mass is 32.2. The fraction of sp³-hybridized carbons (Fsp3) is 0.412. The zero-order valence-corrected chi connectivity index (χ0v) is 15.3. The number of amides is 1. The van der Waals surface area contributed by atoms with Gasteiger partial charge in [0.15, 0.2) is 6.61 Å². The molecule has 25 heavy (non-hydrogen) atoms. The number of hydrogen-bond donors (Lipinski definition) is 1. The Morgan fingerprint density at radius 2 is 2.24 bits per heavy atom. The van der Waals surface area contributed by atoms with Crippen LogP contribution in [0.2, 0.25) is 0 Å². The molecule has 0 bridgehead atoms. The molecule has 0 saturated heterocycles. The first kappa shape index (κ1) is 19.0. The summed E-state index contributed by atoms with van der Waals surface area (Å²) in [4.78, 5) is 28.2. The summed E-state index contributed by atoms with van der Waals surface area (Å²) in [7, 11) is 0. The zero-order valence-electron chi connectivity index (χ0n) is 14.4. The predicted octanol–water partition coefficient (Wildman–Crippen LogP) is 2.74. The van der Waals surface area contributed by atoms with Crippen LogP contribution >= 0.6 is 11.8 Å². The van der Waals surface area contributed by atoms with Gasteiger partial charge < -0.3 is 14.6 Å². The minimum Gasteiger partial charge on any atom is -0.452 e. The third-order valence-corrected chi connectivity index (χ3v) is 4.42. The topological polar surface area (TPSA) is 94.3 Å². The first-order chi connectivity index (χ1) is 12.0. The molecule has 0 fully saturated rings. The van der Waals surface area contributed by atoms with Gasteiger partial charge in [-0.3, -0.25) is 4.79 Å². The highest BCUT2D eigenvalue weighted by Crippen LogP contribution is 2.24. The van der Waals surface area contributed by atoms with Gasteiger partial charge in [0, 0.05) is 24.1 Å². The number of aromatic nitrogens is 2. The van der Waals surface area contributed by atoms with Crippen LogP contribution < -0.4 is 5.32 Å². The van der Waals surface area contributed by atoms with Gasteiger partial charge in [-0.25, -0.2) is 9.78 Å². The van der Waals surface area contributed by atoms with Gasteiger partial charge in [0.1, 0.15) is 10.8 Å². The van der Waals surface area contributed by atoms with Crippen molar-refractivity contribution in [2.45, 2.75) is 44.0 Å². The van der Waals surface area contributed by atoms with Crippen LogP contribution in [0, 0.1) is 6.92 Å². The molecule has 0 aliphatic heterocycles. The van der Waals surface area contributed by atoms with Crippen molar-refractivity contribution < 1.29 is 18.8 Å². The van der Waals surface area contributed by atoms with Crippen LogP contribution in [0.3, 0.4) is 0 Å². The standard InChI is InChI=1S/C17H21N3O4S/c1-4-11(2)19-15(21)9-23-17(22)14-6-5-7-18-16(14)25-10-13-8-12(3)24-20-13/h5-8,11H,4,9-10H2,1-3H3,(H,19,21)/t11-/m0/s1. The molecule has 2 aromatic heterocycles. The van der Waals surface area contributed by atoms with Crippen LogP contribution in [-0.2, 0) is 15.3 Å². The van der Waals surface area contributed by atoms with E-state index < -0.39 is 5.97 Å². The maximum Gasteiger partial charge on any atom is 0.341 e. The third kappa shape index (κ3) is 5.90. The quantitative estimate of drug-likeness (QED) is 0.569. The van der Waals surface area contributed by atoms with E-state index in [1.807, 2.05) is 26.8 Å². The Hall–Kier alpha value is -2.35. The van der Waals surface area contributed by atoms with Crippen molar-refractivity contribution in [3.05, 3.63) is 41.4 Å². The molecule has 0 spiro atoms.